The van der Waals surface area contributed by atoms with Gasteiger partial charge in [-0.15, -0.1) is 0 Å². The summed E-state index contributed by atoms with van der Waals surface area (Å²) in [7, 11) is 0. The molecule has 2 heterocycles. The lowest BCUT2D eigenvalue weighted by atomic mass is 9.63. The van der Waals surface area contributed by atoms with Gasteiger partial charge in [0, 0.05) is 52.6 Å². The Labute approximate surface area is 198 Å². The molecule has 2 aliphatic heterocycles. The van der Waals surface area contributed by atoms with Crippen molar-refractivity contribution < 1.29 is 13.2 Å². The van der Waals surface area contributed by atoms with Crippen LogP contribution < -0.4 is 15.5 Å². The first kappa shape index (κ1) is 22.9. The molecule has 1 spiro atoms. The van der Waals surface area contributed by atoms with Crippen molar-refractivity contribution in [1.82, 2.24) is 5.32 Å². The number of alkyl halides is 3. The zero-order valence-electron chi connectivity index (χ0n) is 19.2. The number of anilines is 2. The molecule has 0 aromatic heterocycles. The second-order valence-corrected chi connectivity index (χ2v) is 10.9. The molecule has 0 atom stereocenters. The van der Waals surface area contributed by atoms with Gasteiger partial charge in [-0.25, -0.2) is 0 Å². The van der Waals surface area contributed by atoms with Gasteiger partial charge in [-0.3, -0.25) is 0 Å². The molecule has 7 heteroatoms. The Bertz CT molecular complexity index is 1010. The van der Waals surface area contributed by atoms with Crippen molar-refractivity contribution in [3.8, 4) is 0 Å². The summed E-state index contributed by atoms with van der Waals surface area (Å²) in [5.41, 5.74) is 3.97. The molecule has 0 radical (unpaired) electrons. The summed E-state index contributed by atoms with van der Waals surface area (Å²) in [5.74, 6) is 0. The van der Waals surface area contributed by atoms with E-state index in [9.17, 15) is 13.2 Å². The third-order valence-electron chi connectivity index (χ3n) is 7.28. The van der Waals surface area contributed by atoms with Crippen molar-refractivity contribution in [2.75, 3.05) is 42.9 Å². The minimum Gasteiger partial charge on any atom is -0.385 e. The molecule has 2 N–H and O–H groups in total. The standard InChI is InChI=1S/C26H32F3N3S/c1-2-9-30-10-4-11-31-22-13-19(26(27,28)29)14-24-21(22)12-18-5-6-20(15-23(18)33-24)32-16-25(17-32)7-3-8-25/h5-6,13-15,30-31H,2-4,7-12,16-17H2,1H3. The van der Waals surface area contributed by atoms with Crippen LogP contribution in [0.2, 0.25) is 0 Å². The van der Waals surface area contributed by atoms with Crippen LogP contribution in [0.5, 0.6) is 0 Å². The lowest BCUT2D eigenvalue weighted by molar-refractivity contribution is -0.137. The van der Waals surface area contributed by atoms with Crippen molar-refractivity contribution in [3.05, 3.63) is 47.0 Å². The highest BCUT2D eigenvalue weighted by Gasteiger charge is 2.47. The quantitative estimate of drug-likeness (QED) is 0.361. The van der Waals surface area contributed by atoms with E-state index >= 15 is 0 Å². The Morgan fingerprint density at radius 1 is 1.03 bits per heavy atom. The van der Waals surface area contributed by atoms with Gasteiger partial charge in [-0.2, -0.15) is 13.2 Å². The molecule has 178 valence electrons. The van der Waals surface area contributed by atoms with E-state index in [0.717, 1.165) is 54.4 Å². The van der Waals surface area contributed by atoms with Gasteiger partial charge in [-0.05, 0) is 74.2 Å². The van der Waals surface area contributed by atoms with Crippen LogP contribution in [0.25, 0.3) is 0 Å². The van der Waals surface area contributed by atoms with Gasteiger partial charge in [0.2, 0.25) is 0 Å². The predicted molar refractivity (Wildman–Crippen MR) is 130 cm³/mol. The van der Waals surface area contributed by atoms with Gasteiger partial charge < -0.3 is 15.5 Å². The molecule has 3 nitrogen and oxygen atoms in total. The molecule has 2 fully saturated rings. The average molecular weight is 476 g/mol. The van der Waals surface area contributed by atoms with Crippen LogP contribution in [0.15, 0.2) is 40.1 Å². The summed E-state index contributed by atoms with van der Waals surface area (Å²) in [6.07, 6.45) is 2.27. The monoisotopic (exact) mass is 475 g/mol. The lowest BCUT2D eigenvalue weighted by Crippen LogP contribution is -2.59. The molecule has 1 saturated heterocycles. The summed E-state index contributed by atoms with van der Waals surface area (Å²) in [6.45, 7) is 6.83. The van der Waals surface area contributed by atoms with Gasteiger partial charge in [0.1, 0.15) is 0 Å². The van der Waals surface area contributed by atoms with E-state index < -0.39 is 11.7 Å². The Morgan fingerprint density at radius 3 is 2.55 bits per heavy atom. The zero-order chi connectivity index (χ0) is 23.1. The highest BCUT2D eigenvalue weighted by molar-refractivity contribution is 7.99. The van der Waals surface area contributed by atoms with Crippen LogP contribution in [0.3, 0.4) is 0 Å². The molecular formula is C26H32F3N3S. The number of nitrogens with one attached hydrogen (secondary N) is 2. The van der Waals surface area contributed by atoms with Crippen molar-refractivity contribution >= 4 is 23.1 Å². The SMILES string of the molecule is CCCNCCCNc1cc(C(F)(F)F)cc2c1Cc1ccc(N3CC4(CCC4)C3)cc1S2. The fraction of sp³-hybridized carbons (Fsp3) is 0.538. The van der Waals surface area contributed by atoms with E-state index in [0.29, 0.717) is 24.1 Å². The third kappa shape index (κ3) is 4.72. The first-order chi connectivity index (χ1) is 15.9. The van der Waals surface area contributed by atoms with Crippen molar-refractivity contribution in [2.45, 2.75) is 61.4 Å². The van der Waals surface area contributed by atoms with Gasteiger partial charge in [0.05, 0.1) is 5.56 Å². The summed E-state index contributed by atoms with van der Waals surface area (Å²) in [6, 6.07) is 9.16. The first-order valence-electron chi connectivity index (χ1n) is 12.1. The maximum atomic E-state index is 13.6. The Kier molecular flexibility index (Phi) is 6.29. The van der Waals surface area contributed by atoms with Gasteiger partial charge in [0.25, 0.3) is 0 Å². The van der Waals surface area contributed by atoms with Gasteiger partial charge in [0.15, 0.2) is 0 Å². The Morgan fingerprint density at radius 2 is 1.85 bits per heavy atom. The molecule has 2 aromatic carbocycles. The minimum atomic E-state index is -4.36. The fourth-order valence-electron chi connectivity index (χ4n) is 5.21. The Balaban J connectivity index is 1.34. The van der Waals surface area contributed by atoms with Crippen molar-refractivity contribution in [2.24, 2.45) is 5.41 Å². The van der Waals surface area contributed by atoms with Crippen molar-refractivity contribution in [1.29, 1.82) is 0 Å². The van der Waals surface area contributed by atoms with Crippen LogP contribution >= 0.6 is 11.8 Å². The normalized spacial score (nSPS) is 18.4. The molecule has 0 amide bonds. The highest BCUT2D eigenvalue weighted by atomic mass is 32.2. The average Bonchev–Trinajstić information content (AvgIpc) is 2.72. The maximum absolute atomic E-state index is 13.6. The van der Waals surface area contributed by atoms with E-state index in [2.05, 4.69) is 40.7 Å². The number of nitrogens with zero attached hydrogens (tertiary/aromatic N) is 1. The molecule has 3 aliphatic rings. The number of fused-ring (bicyclic) bond motifs is 2. The largest absolute Gasteiger partial charge is 0.416 e. The third-order valence-corrected chi connectivity index (χ3v) is 8.46. The van der Waals surface area contributed by atoms with Crippen LogP contribution in [0.4, 0.5) is 24.5 Å². The molecule has 2 aromatic rings. The molecule has 33 heavy (non-hydrogen) atoms. The number of benzene rings is 2. The van der Waals surface area contributed by atoms with Crippen LogP contribution in [0.1, 0.15) is 55.7 Å². The van der Waals surface area contributed by atoms with E-state index in [1.54, 1.807) is 0 Å². The summed E-state index contributed by atoms with van der Waals surface area (Å²) >= 11 is 1.48. The summed E-state index contributed by atoms with van der Waals surface area (Å²) in [5, 5.41) is 6.64. The van der Waals surface area contributed by atoms with E-state index in [1.165, 1.54) is 54.4 Å². The van der Waals surface area contributed by atoms with Crippen LogP contribution in [-0.4, -0.2) is 32.7 Å². The molecule has 1 aliphatic carbocycles. The second kappa shape index (κ2) is 9.06. The fourth-order valence-corrected chi connectivity index (χ4v) is 6.39. The molecule has 0 unspecified atom stereocenters. The second-order valence-electron chi connectivity index (χ2n) is 9.81. The van der Waals surface area contributed by atoms with E-state index in [1.807, 2.05) is 0 Å². The van der Waals surface area contributed by atoms with Crippen molar-refractivity contribution in [3.63, 3.8) is 0 Å². The minimum absolute atomic E-state index is 0.546. The van der Waals surface area contributed by atoms with Gasteiger partial charge in [-0.1, -0.05) is 31.2 Å². The number of rotatable bonds is 8. The van der Waals surface area contributed by atoms with E-state index in [4.69, 9.17) is 0 Å². The number of halogens is 3. The number of hydrogen-bond acceptors (Lipinski definition) is 4. The molecule has 0 bridgehead atoms. The van der Waals surface area contributed by atoms with Crippen LogP contribution in [0, 0.1) is 5.41 Å². The van der Waals surface area contributed by atoms with Crippen LogP contribution in [-0.2, 0) is 12.6 Å². The number of hydrogen-bond donors (Lipinski definition) is 2. The lowest BCUT2D eigenvalue weighted by Gasteiger charge is -2.57. The maximum Gasteiger partial charge on any atom is 0.416 e. The van der Waals surface area contributed by atoms with Gasteiger partial charge >= 0.3 is 6.18 Å². The molecule has 5 rings (SSSR count). The molecule has 1 saturated carbocycles. The molecular weight excluding hydrogens is 443 g/mol. The highest BCUT2D eigenvalue weighted by Crippen LogP contribution is 2.51. The first-order valence-corrected chi connectivity index (χ1v) is 12.9. The smallest absolute Gasteiger partial charge is 0.385 e. The summed E-state index contributed by atoms with van der Waals surface area (Å²) in [4.78, 5) is 4.23. The zero-order valence-corrected chi connectivity index (χ0v) is 20.0. The predicted octanol–water partition coefficient (Wildman–Crippen LogP) is 6.55. The Hall–Kier alpha value is -1.86. The van der Waals surface area contributed by atoms with E-state index in [-0.39, 0.29) is 0 Å². The topological polar surface area (TPSA) is 27.3 Å². The summed E-state index contributed by atoms with van der Waals surface area (Å²) < 4.78 is 40.9.